The molecular formula is C11H21NO5S. The van der Waals surface area contributed by atoms with Gasteiger partial charge in [0.15, 0.2) is 0 Å². The molecule has 106 valence electrons. The summed E-state index contributed by atoms with van der Waals surface area (Å²) in [5.74, 6) is -0.445. The second-order valence-electron chi connectivity index (χ2n) is 5.58. The van der Waals surface area contributed by atoms with E-state index in [1.807, 2.05) is 0 Å². The number of nitrogens with zero attached hydrogens (tertiary/aromatic N) is 1. The van der Waals surface area contributed by atoms with Crippen LogP contribution in [0.3, 0.4) is 0 Å². The Morgan fingerprint density at radius 1 is 1.28 bits per heavy atom. The van der Waals surface area contributed by atoms with E-state index in [9.17, 15) is 18.0 Å². The Labute approximate surface area is 108 Å². The van der Waals surface area contributed by atoms with Gasteiger partial charge in [0.25, 0.3) is 0 Å². The summed E-state index contributed by atoms with van der Waals surface area (Å²) in [6, 6.07) is 0. The summed E-state index contributed by atoms with van der Waals surface area (Å²) in [4.78, 5) is 23.9. The summed E-state index contributed by atoms with van der Waals surface area (Å²) in [5.41, 5.74) is -2.14. The molecule has 0 rings (SSSR count). The summed E-state index contributed by atoms with van der Waals surface area (Å²) in [7, 11) is -2.06. The first-order chi connectivity index (χ1) is 7.81. The molecule has 18 heavy (non-hydrogen) atoms. The fourth-order valence-electron chi connectivity index (χ4n) is 1.28. The minimum atomic E-state index is -3.40. The smallest absolute Gasteiger partial charge is 0.410 e. The molecule has 0 fully saturated rings. The Bertz CT molecular complexity index is 423. The molecule has 0 N–H and O–H groups in total. The van der Waals surface area contributed by atoms with Crippen LogP contribution in [0.15, 0.2) is 0 Å². The predicted octanol–water partition coefficient (Wildman–Crippen LogP) is 0.856. The van der Waals surface area contributed by atoms with Gasteiger partial charge in [-0.1, -0.05) is 0 Å². The van der Waals surface area contributed by atoms with Gasteiger partial charge < -0.3 is 9.53 Å². The van der Waals surface area contributed by atoms with Crippen LogP contribution in [0.25, 0.3) is 0 Å². The van der Waals surface area contributed by atoms with Gasteiger partial charge in [-0.25, -0.2) is 13.2 Å². The molecule has 0 aromatic carbocycles. The van der Waals surface area contributed by atoms with Crippen LogP contribution in [0.2, 0.25) is 0 Å². The van der Waals surface area contributed by atoms with Crippen LogP contribution in [-0.4, -0.2) is 55.9 Å². The lowest BCUT2D eigenvalue weighted by Gasteiger charge is -2.34. The Balaban J connectivity index is 5.07. The fourth-order valence-corrected chi connectivity index (χ4v) is 2.60. The Kier molecular flexibility index (Phi) is 4.93. The van der Waals surface area contributed by atoms with Gasteiger partial charge in [0.05, 0.1) is 5.75 Å². The first kappa shape index (κ1) is 16.9. The van der Waals surface area contributed by atoms with Gasteiger partial charge in [-0.2, -0.15) is 0 Å². The van der Waals surface area contributed by atoms with Gasteiger partial charge in [-0.15, -0.1) is 0 Å². The van der Waals surface area contributed by atoms with Crippen LogP contribution in [0.1, 0.15) is 27.7 Å². The maximum atomic E-state index is 11.8. The topological polar surface area (TPSA) is 80.8 Å². The van der Waals surface area contributed by atoms with E-state index in [-0.39, 0.29) is 0 Å². The summed E-state index contributed by atoms with van der Waals surface area (Å²) in [5, 5.41) is 0. The molecule has 1 amide bonds. The third-order valence-corrected chi connectivity index (χ3v) is 3.35. The number of sulfone groups is 1. The zero-order valence-corrected chi connectivity index (χ0v) is 12.5. The van der Waals surface area contributed by atoms with Crippen LogP contribution in [-0.2, 0) is 19.4 Å². The number of rotatable bonds is 4. The van der Waals surface area contributed by atoms with E-state index in [4.69, 9.17) is 4.74 Å². The van der Waals surface area contributed by atoms with Crippen molar-refractivity contribution in [1.82, 2.24) is 4.90 Å². The third-order valence-electron chi connectivity index (χ3n) is 2.24. The van der Waals surface area contributed by atoms with Gasteiger partial charge in [0.1, 0.15) is 27.3 Å². The van der Waals surface area contributed by atoms with E-state index in [0.717, 1.165) is 11.2 Å². The van der Waals surface area contributed by atoms with E-state index in [0.29, 0.717) is 6.29 Å². The fraction of sp³-hybridized carbons (Fsp3) is 0.818. The highest BCUT2D eigenvalue weighted by Crippen LogP contribution is 2.17. The molecule has 6 nitrogen and oxygen atoms in total. The molecular weight excluding hydrogens is 258 g/mol. The SMILES string of the molecule is CN(C(=O)OC(C)(C)C)C(C)(C=O)CS(C)(=O)=O. The Hall–Kier alpha value is -1.11. The summed E-state index contributed by atoms with van der Waals surface area (Å²) in [6.45, 7) is 6.44. The van der Waals surface area contributed by atoms with Crippen LogP contribution >= 0.6 is 0 Å². The zero-order valence-electron chi connectivity index (χ0n) is 11.7. The molecule has 0 aliphatic carbocycles. The highest BCUT2D eigenvalue weighted by Gasteiger charge is 2.37. The van der Waals surface area contributed by atoms with E-state index < -0.39 is 32.8 Å². The molecule has 0 saturated heterocycles. The van der Waals surface area contributed by atoms with E-state index >= 15 is 0 Å². The van der Waals surface area contributed by atoms with E-state index in [1.165, 1.54) is 14.0 Å². The van der Waals surface area contributed by atoms with Gasteiger partial charge in [-0.3, -0.25) is 4.90 Å². The maximum Gasteiger partial charge on any atom is 0.410 e. The number of carbonyl (C=O) groups excluding carboxylic acids is 2. The van der Waals surface area contributed by atoms with E-state index in [1.54, 1.807) is 20.8 Å². The standard InChI is InChI=1S/C11H21NO5S/c1-10(2,3)17-9(14)12(5)11(4,7-13)8-18(6,15)16/h7H,8H2,1-6H3. The minimum Gasteiger partial charge on any atom is -0.444 e. The molecule has 0 radical (unpaired) electrons. The van der Waals surface area contributed by atoms with Crippen molar-refractivity contribution in [1.29, 1.82) is 0 Å². The van der Waals surface area contributed by atoms with Gasteiger partial charge in [0.2, 0.25) is 0 Å². The number of hydrogen-bond donors (Lipinski definition) is 0. The average Bonchev–Trinajstić information content (AvgIpc) is 2.11. The monoisotopic (exact) mass is 279 g/mol. The molecule has 7 heteroatoms. The van der Waals surface area contributed by atoms with Crippen molar-refractivity contribution in [2.45, 2.75) is 38.8 Å². The Morgan fingerprint density at radius 3 is 2.00 bits per heavy atom. The molecule has 1 unspecified atom stereocenters. The third kappa shape index (κ3) is 5.48. The largest absolute Gasteiger partial charge is 0.444 e. The first-order valence-corrected chi connectivity index (χ1v) is 7.48. The van der Waals surface area contributed by atoms with Crippen molar-refractivity contribution in [2.75, 3.05) is 19.1 Å². The number of ether oxygens (including phenoxy) is 1. The number of amides is 1. The van der Waals surface area contributed by atoms with Crippen molar-refractivity contribution in [3.8, 4) is 0 Å². The lowest BCUT2D eigenvalue weighted by Crippen LogP contribution is -2.54. The normalized spacial score (nSPS) is 15.7. The maximum absolute atomic E-state index is 11.8. The van der Waals surface area contributed by atoms with Gasteiger partial charge in [0, 0.05) is 13.3 Å². The van der Waals surface area contributed by atoms with Gasteiger partial charge in [-0.05, 0) is 27.7 Å². The van der Waals surface area contributed by atoms with Crippen LogP contribution in [0.4, 0.5) is 4.79 Å². The average molecular weight is 279 g/mol. The lowest BCUT2D eigenvalue weighted by atomic mass is 10.1. The molecule has 0 spiro atoms. The van der Waals surface area contributed by atoms with Crippen LogP contribution < -0.4 is 0 Å². The predicted molar refractivity (Wildman–Crippen MR) is 68.2 cm³/mol. The molecule has 0 aromatic rings. The van der Waals surface area contributed by atoms with Gasteiger partial charge >= 0.3 is 6.09 Å². The molecule has 0 aliphatic heterocycles. The van der Waals surface area contributed by atoms with Crippen LogP contribution in [0, 0.1) is 0 Å². The van der Waals surface area contributed by atoms with Crippen molar-refractivity contribution in [2.24, 2.45) is 0 Å². The minimum absolute atomic E-state index is 0.442. The molecule has 1 atom stereocenters. The van der Waals surface area contributed by atoms with E-state index in [2.05, 4.69) is 0 Å². The van der Waals surface area contributed by atoms with Crippen molar-refractivity contribution in [3.63, 3.8) is 0 Å². The first-order valence-electron chi connectivity index (χ1n) is 5.41. The number of hydrogen-bond acceptors (Lipinski definition) is 5. The molecule has 0 aromatic heterocycles. The molecule has 0 aliphatic rings. The quantitative estimate of drug-likeness (QED) is 0.713. The highest BCUT2D eigenvalue weighted by molar-refractivity contribution is 7.90. The zero-order chi connectivity index (χ0) is 14.8. The summed E-state index contributed by atoms with van der Waals surface area (Å²) in [6.07, 6.45) is 0.719. The molecule has 0 heterocycles. The van der Waals surface area contributed by atoms with Crippen molar-refractivity contribution in [3.05, 3.63) is 0 Å². The second-order valence-corrected chi connectivity index (χ2v) is 7.72. The highest BCUT2D eigenvalue weighted by atomic mass is 32.2. The lowest BCUT2D eigenvalue weighted by molar-refractivity contribution is -0.116. The summed E-state index contributed by atoms with van der Waals surface area (Å²) >= 11 is 0. The van der Waals surface area contributed by atoms with Crippen molar-refractivity contribution >= 4 is 22.2 Å². The van der Waals surface area contributed by atoms with Crippen molar-refractivity contribution < 1.29 is 22.7 Å². The second kappa shape index (κ2) is 5.26. The summed E-state index contributed by atoms with van der Waals surface area (Å²) < 4.78 is 27.7. The Morgan fingerprint density at radius 2 is 1.72 bits per heavy atom. The van der Waals surface area contributed by atoms with Crippen LogP contribution in [0.5, 0.6) is 0 Å². The number of likely N-dealkylation sites (N-methyl/N-ethyl adjacent to an activating group) is 1. The number of carbonyl (C=O) groups is 2. The molecule has 0 bridgehead atoms. The number of aldehydes is 1. The molecule has 0 saturated carbocycles.